The van der Waals surface area contributed by atoms with E-state index in [1.807, 2.05) is 12.1 Å². The van der Waals surface area contributed by atoms with Gasteiger partial charge >= 0.3 is 12.1 Å². The van der Waals surface area contributed by atoms with E-state index in [9.17, 15) is 28.5 Å². The van der Waals surface area contributed by atoms with E-state index in [1.165, 1.54) is 29.7 Å². The average Bonchev–Trinajstić information content (AvgIpc) is 4.20. The number of fused-ring (bicyclic) bond motifs is 4. The third kappa shape index (κ3) is 9.72. The molecule has 4 N–H and O–H groups in total. The molecule has 0 bridgehead atoms. The third-order valence-corrected chi connectivity index (χ3v) is 13.9. The first kappa shape index (κ1) is 46.9. The molecule has 69 heavy (non-hydrogen) atoms. The second-order valence-electron chi connectivity index (χ2n) is 15.8. The summed E-state index contributed by atoms with van der Waals surface area (Å²) in [7, 11) is -11.4. The number of ether oxygens (including phenoxy) is 6. The SMILES string of the molecule is CCNC(=O)Nc1ncnc2c1ncn2[C@@H]1O[C@H](COP(=O)([O-])OP(=O)([O-])OC[C@H]2O[C@@H](n3cnc4c(NC(=O)NCC)ccnc43)C3O[C@@H](c4ccccc4)O[C@H]32)C2O[C@@H](c3ccccc3)OC21. The van der Waals surface area contributed by atoms with Crippen molar-refractivity contribution in [3.63, 3.8) is 0 Å². The van der Waals surface area contributed by atoms with Crippen LogP contribution in [-0.4, -0.2) is 109 Å². The molecule has 10 rings (SSSR count). The van der Waals surface area contributed by atoms with Gasteiger partial charge in [-0.15, -0.1) is 0 Å². The highest BCUT2D eigenvalue weighted by atomic mass is 31.3. The lowest BCUT2D eigenvalue weighted by atomic mass is 10.1. The highest BCUT2D eigenvalue weighted by Gasteiger charge is 2.56. The van der Waals surface area contributed by atoms with Gasteiger partial charge in [-0.2, -0.15) is 0 Å². The molecule has 6 aromatic rings. The second-order valence-corrected chi connectivity index (χ2v) is 18.7. The predicted molar refractivity (Wildman–Crippen MR) is 232 cm³/mol. The number of carbonyl (C=O) groups is 2. The molecule has 0 saturated carbocycles. The summed E-state index contributed by atoms with van der Waals surface area (Å²) in [6.07, 6.45) is -4.45. The summed E-state index contributed by atoms with van der Waals surface area (Å²) < 4.78 is 82.2. The van der Waals surface area contributed by atoms with Gasteiger partial charge in [0.2, 0.25) is 0 Å². The molecule has 0 aliphatic carbocycles. The molecule has 28 heteroatoms. The Labute approximate surface area is 391 Å². The van der Waals surface area contributed by atoms with E-state index < -0.39 is 103 Å². The van der Waals surface area contributed by atoms with Gasteiger partial charge in [-0.3, -0.25) is 23.6 Å². The number of amides is 4. The summed E-state index contributed by atoms with van der Waals surface area (Å²) in [5, 5.41) is 10.6. The first-order valence-electron chi connectivity index (χ1n) is 21.6. The van der Waals surface area contributed by atoms with Crippen LogP contribution < -0.4 is 31.1 Å². The molecule has 12 atom stereocenters. The molecule has 0 radical (unpaired) electrons. The van der Waals surface area contributed by atoms with Gasteiger partial charge in [-0.05, 0) is 19.9 Å². The highest BCUT2D eigenvalue weighted by molar-refractivity contribution is 7.59. The van der Waals surface area contributed by atoms with Crippen molar-refractivity contribution in [1.29, 1.82) is 0 Å². The van der Waals surface area contributed by atoms with Gasteiger partial charge in [-0.1, -0.05) is 60.7 Å². The molecule has 5 unspecified atom stereocenters. The van der Waals surface area contributed by atoms with E-state index in [4.69, 9.17) is 37.5 Å². The van der Waals surface area contributed by atoms with Crippen LogP contribution in [0.3, 0.4) is 0 Å². The largest absolute Gasteiger partial charge is 0.756 e. The van der Waals surface area contributed by atoms with Crippen molar-refractivity contribution >= 4 is 61.5 Å². The lowest BCUT2D eigenvalue weighted by molar-refractivity contribution is -0.247. The van der Waals surface area contributed by atoms with Crippen molar-refractivity contribution in [1.82, 2.24) is 44.7 Å². The average molecular weight is 992 g/mol. The number of phosphoric ester groups is 2. The normalized spacial score (nSPS) is 27.9. The van der Waals surface area contributed by atoms with E-state index in [-0.39, 0.29) is 17.0 Å². The van der Waals surface area contributed by atoms with Crippen LogP contribution in [0.5, 0.6) is 0 Å². The Morgan fingerprint density at radius 3 is 1.65 bits per heavy atom. The van der Waals surface area contributed by atoms with E-state index in [1.54, 1.807) is 73.0 Å². The van der Waals surface area contributed by atoms with Crippen molar-refractivity contribution in [3.8, 4) is 0 Å². The summed E-state index contributed by atoms with van der Waals surface area (Å²) in [6, 6.07) is 18.6. The number of benzene rings is 2. The van der Waals surface area contributed by atoms with Gasteiger partial charge in [0.1, 0.15) is 48.5 Å². The van der Waals surface area contributed by atoms with Crippen LogP contribution >= 0.6 is 15.6 Å². The van der Waals surface area contributed by atoms with Gasteiger partial charge in [-0.25, -0.2) is 38.8 Å². The third-order valence-electron chi connectivity index (χ3n) is 11.4. The molecule has 364 valence electrons. The molecule has 2 aromatic carbocycles. The van der Waals surface area contributed by atoms with Crippen LogP contribution in [0, 0.1) is 0 Å². The lowest BCUT2D eigenvalue weighted by Crippen LogP contribution is -2.33. The molecule has 0 spiro atoms. The minimum Gasteiger partial charge on any atom is -0.756 e. The number of pyridine rings is 1. The van der Waals surface area contributed by atoms with Gasteiger partial charge in [0, 0.05) is 30.4 Å². The van der Waals surface area contributed by atoms with Crippen molar-refractivity contribution < 1.29 is 70.3 Å². The summed E-state index contributed by atoms with van der Waals surface area (Å²) >= 11 is 0. The minimum absolute atomic E-state index is 0.115. The number of hydrogen-bond donors (Lipinski definition) is 4. The quantitative estimate of drug-likeness (QED) is 0.101. The monoisotopic (exact) mass is 991 g/mol. The number of urea groups is 2. The van der Waals surface area contributed by atoms with Crippen molar-refractivity contribution in [2.45, 2.75) is 75.5 Å². The molecule has 4 aliphatic heterocycles. The second kappa shape index (κ2) is 19.5. The Hall–Kier alpha value is -5.83. The number of anilines is 2. The Kier molecular flexibility index (Phi) is 13.3. The Bertz CT molecular complexity index is 2730. The van der Waals surface area contributed by atoms with Gasteiger partial charge in [0.05, 0.1) is 31.6 Å². The molecule has 4 aliphatic rings. The van der Waals surface area contributed by atoms with Gasteiger partial charge in [0.15, 0.2) is 47.7 Å². The number of rotatable bonds is 16. The summed E-state index contributed by atoms with van der Waals surface area (Å²) in [4.78, 5) is 73.0. The Balaban J connectivity index is 0.832. The number of carbonyl (C=O) groups excluding carboxylic acids is 2. The van der Waals surface area contributed by atoms with E-state index in [0.29, 0.717) is 41.1 Å². The molecule has 4 amide bonds. The summed E-state index contributed by atoms with van der Waals surface area (Å²) in [5.74, 6) is 0.115. The van der Waals surface area contributed by atoms with Gasteiger partial charge < -0.3 is 63.2 Å². The fraction of sp³-hybridized carbons (Fsp3) is 0.390. The standard InChI is InChI=1S/C41H45N11O15P2/c1-3-42-40(53)49-24-15-16-44-34-27(24)47-20-51(34)36-31-29(63-38(65-31)22-11-7-5-8-12-22)25(61-36)17-59-68(55,56)67-69(57,58)60-18-26-30-32(66-39(64-30)23-13-9-6-10-14-23)37(62-26)52-21-48-28-33(45-19-46-35(28)52)50-41(54)43-4-2/h5-16,19-21,25-26,29-32,36-39H,3-4,17-18H2,1-2H3,(H,55,56)(H,57,58)(H2,42,44,49,53)(H2,43,45,46,50,54)/p-2/t25-,26-,29+,30?,31?,32?,36-,37-,38+,39-/m1/s1. The van der Waals surface area contributed by atoms with E-state index in [0.717, 1.165) is 0 Å². The van der Waals surface area contributed by atoms with Gasteiger partial charge in [0.25, 0.3) is 15.6 Å². The fourth-order valence-electron chi connectivity index (χ4n) is 8.41. The van der Waals surface area contributed by atoms with Crippen LogP contribution in [0.1, 0.15) is 50.0 Å². The zero-order valence-corrected chi connectivity index (χ0v) is 38.2. The van der Waals surface area contributed by atoms with Crippen LogP contribution in [0.25, 0.3) is 22.3 Å². The Morgan fingerprint density at radius 1 is 0.623 bits per heavy atom. The lowest BCUT2D eigenvalue weighted by Gasteiger charge is -2.32. The predicted octanol–water partition coefficient (Wildman–Crippen LogP) is 3.30. The molecular weight excluding hydrogens is 948 g/mol. The summed E-state index contributed by atoms with van der Waals surface area (Å²) in [6.45, 7) is 2.72. The number of nitrogens with zero attached hydrogens (tertiary/aromatic N) is 7. The maximum atomic E-state index is 13.3. The molecule has 8 heterocycles. The first-order valence-corrected chi connectivity index (χ1v) is 24.5. The van der Waals surface area contributed by atoms with Crippen molar-refractivity contribution in [2.24, 2.45) is 0 Å². The fourth-order valence-corrected chi connectivity index (χ4v) is 10.4. The summed E-state index contributed by atoms with van der Waals surface area (Å²) in [5.41, 5.74) is 2.76. The maximum absolute atomic E-state index is 13.3. The molecular formula is C41H43N11O15P2-2. The zero-order chi connectivity index (χ0) is 47.9. The maximum Gasteiger partial charge on any atom is 0.320 e. The van der Waals surface area contributed by atoms with Crippen molar-refractivity contribution in [2.75, 3.05) is 36.9 Å². The Morgan fingerprint density at radius 2 is 1.12 bits per heavy atom. The number of aromatic nitrogens is 7. The van der Waals surface area contributed by atoms with Crippen LogP contribution in [0.4, 0.5) is 21.1 Å². The van der Waals surface area contributed by atoms with Crippen LogP contribution in [-0.2, 0) is 50.9 Å². The zero-order valence-electron chi connectivity index (χ0n) is 36.4. The number of imidazole rings is 2. The minimum atomic E-state index is -5.72. The highest BCUT2D eigenvalue weighted by Crippen LogP contribution is 2.57. The van der Waals surface area contributed by atoms with Crippen LogP contribution in [0.2, 0.25) is 0 Å². The molecule has 26 nitrogen and oxygen atoms in total. The van der Waals surface area contributed by atoms with Crippen LogP contribution in [0.15, 0.2) is 91.9 Å². The number of phosphoric acid groups is 2. The first-order chi connectivity index (χ1) is 33.4. The smallest absolute Gasteiger partial charge is 0.320 e. The molecule has 4 fully saturated rings. The molecule has 4 saturated heterocycles. The van der Waals surface area contributed by atoms with E-state index in [2.05, 4.69) is 50.5 Å². The number of nitrogens with one attached hydrogen (secondary N) is 4. The van der Waals surface area contributed by atoms with Crippen molar-refractivity contribution in [3.05, 3.63) is 103 Å². The topological polar surface area (TPSA) is 320 Å². The number of hydrogen-bond acceptors (Lipinski definition) is 20. The molecule has 4 aromatic heterocycles. The van der Waals surface area contributed by atoms with E-state index >= 15 is 0 Å².